The molecule has 6 nitrogen and oxygen atoms in total. The monoisotopic (exact) mass is 656 g/mol. The zero-order chi connectivity index (χ0) is 17.9. The highest BCUT2D eigenvalue weighted by Crippen LogP contribution is 2.40. The third-order valence-corrected chi connectivity index (χ3v) is 6.06. The maximum atomic E-state index is 12.3. The van der Waals surface area contributed by atoms with Crippen LogP contribution >= 0.6 is 67.8 Å². The molecule has 9 heteroatoms. The van der Waals surface area contributed by atoms with E-state index in [1.807, 2.05) is 45.2 Å². The Morgan fingerprint density at radius 1 is 1.09 bits per heavy atom. The van der Waals surface area contributed by atoms with Gasteiger partial charge in [0, 0.05) is 20.9 Å². The van der Waals surface area contributed by atoms with Crippen LogP contribution in [0.2, 0.25) is 0 Å². The minimum absolute atomic E-state index is 0.175. The SMILES string of the molecule is CCOC(=O)c1c(I)c(NC(C)=O)c(I)c(N(C)C(C)=O)c1I. The molecule has 0 saturated heterocycles. The second-order valence-corrected chi connectivity index (χ2v) is 7.76. The van der Waals surface area contributed by atoms with E-state index < -0.39 is 5.97 Å². The number of nitrogens with zero attached hydrogens (tertiary/aromatic N) is 1. The van der Waals surface area contributed by atoms with E-state index in [0.717, 1.165) is 0 Å². The molecule has 0 aliphatic heterocycles. The number of anilines is 2. The molecule has 23 heavy (non-hydrogen) atoms. The lowest BCUT2D eigenvalue weighted by atomic mass is 10.1. The normalized spacial score (nSPS) is 10.2. The maximum absolute atomic E-state index is 12.3. The van der Waals surface area contributed by atoms with Gasteiger partial charge in [0.25, 0.3) is 0 Å². The number of carbonyl (C=O) groups excluding carboxylic acids is 3. The molecule has 1 rings (SSSR count). The molecule has 0 atom stereocenters. The van der Waals surface area contributed by atoms with Gasteiger partial charge in [0.1, 0.15) is 0 Å². The van der Waals surface area contributed by atoms with Crippen LogP contribution in [0.5, 0.6) is 0 Å². The zero-order valence-corrected chi connectivity index (χ0v) is 19.4. The smallest absolute Gasteiger partial charge is 0.340 e. The van der Waals surface area contributed by atoms with Crippen molar-refractivity contribution in [2.45, 2.75) is 20.8 Å². The van der Waals surface area contributed by atoms with Crippen molar-refractivity contribution in [3.8, 4) is 0 Å². The quantitative estimate of drug-likeness (QED) is 0.398. The van der Waals surface area contributed by atoms with Crippen molar-refractivity contribution >= 4 is 96.9 Å². The van der Waals surface area contributed by atoms with Crippen LogP contribution in [0.15, 0.2) is 0 Å². The zero-order valence-electron chi connectivity index (χ0n) is 12.9. The largest absolute Gasteiger partial charge is 0.462 e. The van der Waals surface area contributed by atoms with E-state index in [1.54, 1.807) is 14.0 Å². The molecule has 126 valence electrons. The Bertz CT molecular complexity index is 677. The van der Waals surface area contributed by atoms with Crippen LogP contribution in [0.1, 0.15) is 31.1 Å². The third-order valence-electron chi connectivity index (χ3n) is 2.88. The van der Waals surface area contributed by atoms with Crippen molar-refractivity contribution in [1.29, 1.82) is 0 Å². The van der Waals surface area contributed by atoms with Crippen molar-refractivity contribution in [1.82, 2.24) is 0 Å². The maximum Gasteiger partial charge on any atom is 0.340 e. The number of esters is 1. The van der Waals surface area contributed by atoms with Crippen molar-refractivity contribution in [2.24, 2.45) is 0 Å². The van der Waals surface area contributed by atoms with Crippen LogP contribution in [0.25, 0.3) is 0 Å². The highest BCUT2D eigenvalue weighted by Gasteiger charge is 2.28. The molecule has 0 aliphatic rings. The first kappa shape index (κ1) is 20.9. The van der Waals surface area contributed by atoms with Crippen LogP contribution < -0.4 is 10.2 Å². The summed E-state index contributed by atoms with van der Waals surface area (Å²) in [5.74, 6) is -0.915. The topological polar surface area (TPSA) is 75.7 Å². The van der Waals surface area contributed by atoms with E-state index in [-0.39, 0.29) is 18.4 Å². The van der Waals surface area contributed by atoms with Gasteiger partial charge in [-0.15, -0.1) is 0 Å². The fourth-order valence-electron chi connectivity index (χ4n) is 1.77. The van der Waals surface area contributed by atoms with E-state index >= 15 is 0 Å². The number of hydrogen-bond donors (Lipinski definition) is 1. The highest BCUT2D eigenvalue weighted by molar-refractivity contribution is 14.1. The summed E-state index contributed by atoms with van der Waals surface area (Å²) in [7, 11) is 1.63. The molecule has 0 bridgehead atoms. The molecule has 0 fully saturated rings. The summed E-state index contributed by atoms with van der Waals surface area (Å²) in [6.07, 6.45) is 0. The summed E-state index contributed by atoms with van der Waals surface area (Å²) in [6.45, 7) is 4.79. The first-order valence-corrected chi connectivity index (χ1v) is 9.76. The Kier molecular flexibility index (Phi) is 7.97. The standard InChI is InChI=1S/C14H15I3N2O4/c1-5-23-14(22)8-9(15)12(18-6(2)20)11(17)13(10(8)16)19(4)7(3)21/h5H2,1-4H3,(H,18,20). The van der Waals surface area contributed by atoms with Gasteiger partial charge in [-0.25, -0.2) is 4.79 Å². The van der Waals surface area contributed by atoms with Gasteiger partial charge in [0.05, 0.1) is 34.3 Å². The molecular weight excluding hydrogens is 641 g/mol. The Morgan fingerprint density at radius 2 is 1.65 bits per heavy atom. The van der Waals surface area contributed by atoms with Gasteiger partial charge in [0.15, 0.2) is 0 Å². The lowest BCUT2D eigenvalue weighted by Gasteiger charge is -2.24. The van der Waals surface area contributed by atoms with E-state index in [1.165, 1.54) is 18.7 Å². The molecule has 0 spiro atoms. The van der Waals surface area contributed by atoms with Crippen LogP contribution in [0.3, 0.4) is 0 Å². The van der Waals surface area contributed by atoms with Gasteiger partial charge in [-0.05, 0) is 74.7 Å². The van der Waals surface area contributed by atoms with Gasteiger partial charge < -0.3 is 15.0 Å². The van der Waals surface area contributed by atoms with Crippen molar-refractivity contribution < 1.29 is 19.1 Å². The van der Waals surface area contributed by atoms with E-state index in [9.17, 15) is 14.4 Å². The average molecular weight is 656 g/mol. The molecule has 0 heterocycles. The Hall–Kier alpha value is -0.180. The van der Waals surface area contributed by atoms with Crippen LogP contribution in [-0.4, -0.2) is 31.4 Å². The third kappa shape index (κ3) is 4.67. The van der Waals surface area contributed by atoms with E-state index in [4.69, 9.17) is 4.74 Å². The van der Waals surface area contributed by atoms with E-state index in [0.29, 0.717) is 27.6 Å². The summed E-state index contributed by atoms with van der Waals surface area (Å²) >= 11 is 6.10. The van der Waals surface area contributed by atoms with Gasteiger partial charge in [-0.3, -0.25) is 9.59 Å². The first-order chi connectivity index (χ1) is 10.6. The molecule has 2 amide bonds. The number of ether oxygens (including phenoxy) is 1. The molecule has 0 saturated carbocycles. The molecule has 1 aromatic rings. The second-order valence-electron chi connectivity index (χ2n) is 4.52. The van der Waals surface area contributed by atoms with E-state index in [2.05, 4.69) is 27.9 Å². The summed E-state index contributed by atoms with van der Waals surface area (Å²) in [4.78, 5) is 37.1. The van der Waals surface area contributed by atoms with Gasteiger partial charge in [-0.2, -0.15) is 0 Å². The molecular formula is C14H15I3N2O4. The summed E-state index contributed by atoms with van der Waals surface area (Å²) < 4.78 is 7.01. The van der Waals surface area contributed by atoms with Crippen molar-refractivity contribution in [3.05, 3.63) is 16.3 Å². The van der Waals surface area contributed by atoms with Gasteiger partial charge in [-0.1, -0.05) is 0 Å². The highest BCUT2D eigenvalue weighted by atomic mass is 127. The predicted molar refractivity (Wildman–Crippen MR) is 114 cm³/mol. The summed E-state index contributed by atoms with van der Waals surface area (Å²) in [6, 6.07) is 0. The first-order valence-electron chi connectivity index (χ1n) is 6.52. The number of halogens is 3. The van der Waals surface area contributed by atoms with Gasteiger partial charge in [0.2, 0.25) is 11.8 Å². The number of rotatable bonds is 4. The second kappa shape index (κ2) is 8.78. The Labute approximate surface area is 175 Å². The minimum Gasteiger partial charge on any atom is -0.462 e. The number of amides is 2. The number of benzene rings is 1. The fourth-order valence-corrected chi connectivity index (χ4v) is 6.37. The minimum atomic E-state index is -0.484. The molecule has 1 N–H and O–H groups in total. The van der Waals surface area contributed by atoms with Crippen LogP contribution in [0, 0.1) is 10.7 Å². The summed E-state index contributed by atoms with van der Waals surface area (Å²) in [5, 5.41) is 2.74. The van der Waals surface area contributed by atoms with Crippen molar-refractivity contribution in [3.63, 3.8) is 0 Å². The van der Waals surface area contributed by atoms with Crippen LogP contribution in [-0.2, 0) is 14.3 Å². The van der Waals surface area contributed by atoms with Crippen LogP contribution in [0.4, 0.5) is 11.4 Å². The molecule has 0 aromatic heterocycles. The number of nitrogens with one attached hydrogen (secondary N) is 1. The molecule has 0 radical (unpaired) electrons. The molecule has 0 unspecified atom stereocenters. The lowest BCUT2D eigenvalue weighted by Crippen LogP contribution is -2.27. The molecule has 1 aromatic carbocycles. The Morgan fingerprint density at radius 3 is 2.09 bits per heavy atom. The van der Waals surface area contributed by atoms with Crippen molar-refractivity contribution in [2.75, 3.05) is 23.9 Å². The fraction of sp³-hybridized carbons (Fsp3) is 0.357. The Balaban J connectivity index is 3.76. The molecule has 0 aliphatic carbocycles. The number of carbonyl (C=O) groups is 3. The predicted octanol–water partition coefficient (Wildman–Crippen LogP) is 3.62. The average Bonchev–Trinajstić information content (AvgIpc) is 2.43. The summed E-state index contributed by atoms with van der Waals surface area (Å²) in [5.41, 5.74) is 1.43. The lowest BCUT2D eigenvalue weighted by molar-refractivity contribution is -0.116. The van der Waals surface area contributed by atoms with Gasteiger partial charge >= 0.3 is 5.97 Å². The number of hydrogen-bond acceptors (Lipinski definition) is 4.